The summed E-state index contributed by atoms with van der Waals surface area (Å²) >= 11 is 0. The molecule has 0 unspecified atom stereocenters. The maximum absolute atomic E-state index is 11.9. The monoisotopic (exact) mass is 179 g/mol. The van der Waals surface area contributed by atoms with Crippen molar-refractivity contribution in [1.82, 2.24) is 4.98 Å². The number of nitrogens with zero attached hydrogens (tertiary/aromatic N) is 1. The first-order chi connectivity index (χ1) is 5.61. The van der Waals surface area contributed by atoms with Gasteiger partial charge in [0.05, 0.1) is 0 Å². The van der Waals surface area contributed by atoms with Crippen molar-refractivity contribution in [1.29, 1.82) is 0 Å². The number of pyridine rings is 1. The quantitative estimate of drug-likeness (QED) is 0.636. The van der Waals surface area contributed by atoms with Crippen LogP contribution in [-0.4, -0.2) is 4.98 Å². The molecule has 0 amide bonds. The molecular weight excluding hydrogens is 174 g/mol. The molecule has 5 heteroatoms. The first kappa shape index (κ1) is 8.96. The van der Waals surface area contributed by atoms with Gasteiger partial charge in [-0.2, -0.15) is 0 Å². The van der Waals surface area contributed by atoms with E-state index in [2.05, 4.69) is 4.98 Å². The van der Waals surface area contributed by atoms with Crippen LogP contribution in [0, 0.1) is 0 Å². The molecule has 1 heterocycles. The molecule has 0 saturated heterocycles. The van der Waals surface area contributed by atoms with Gasteiger partial charge in [-0.1, -0.05) is 6.07 Å². The highest BCUT2D eigenvalue weighted by molar-refractivity contribution is 5.12. The normalized spacial score (nSPS) is 11.2. The number of alkyl halides is 4. The third-order valence-electron chi connectivity index (χ3n) is 1.24. The minimum absolute atomic E-state index is 0.618. The van der Waals surface area contributed by atoms with E-state index < -0.39 is 24.2 Å². The molecule has 12 heavy (non-hydrogen) atoms. The van der Waals surface area contributed by atoms with Crippen molar-refractivity contribution in [2.75, 3.05) is 0 Å². The lowest BCUT2D eigenvalue weighted by Gasteiger charge is -2.01. The maximum atomic E-state index is 11.9. The molecule has 1 aromatic rings. The Labute approximate surface area is 66.0 Å². The van der Waals surface area contributed by atoms with E-state index in [9.17, 15) is 17.6 Å². The van der Waals surface area contributed by atoms with Gasteiger partial charge in [0.2, 0.25) is 0 Å². The van der Waals surface area contributed by atoms with Crippen LogP contribution in [0.2, 0.25) is 0 Å². The van der Waals surface area contributed by atoms with Crippen LogP contribution in [0.4, 0.5) is 17.6 Å². The molecule has 0 fully saturated rings. The molecule has 0 radical (unpaired) electrons. The summed E-state index contributed by atoms with van der Waals surface area (Å²) in [5.41, 5.74) is -1.24. The molecule has 0 saturated carbocycles. The fourth-order valence-electron chi connectivity index (χ4n) is 0.712. The highest BCUT2D eigenvalue weighted by Gasteiger charge is 2.13. The largest absolute Gasteiger partial charge is 0.280 e. The summed E-state index contributed by atoms with van der Waals surface area (Å²) in [4.78, 5) is 3.07. The number of hydrogen-bond acceptors (Lipinski definition) is 1. The van der Waals surface area contributed by atoms with Gasteiger partial charge in [0, 0.05) is 0 Å². The third-order valence-corrected chi connectivity index (χ3v) is 1.24. The standard InChI is InChI=1S/C7H5F4N/c8-6(9)4-2-1-3-5(12-4)7(10)11/h1-3,6-7H. The Morgan fingerprint density at radius 3 is 1.67 bits per heavy atom. The lowest BCUT2D eigenvalue weighted by Crippen LogP contribution is -1.95. The Bertz CT molecular complexity index is 238. The predicted octanol–water partition coefficient (Wildman–Crippen LogP) is 2.96. The van der Waals surface area contributed by atoms with Crippen molar-refractivity contribution < 1.29 is 17.6 Å². The fourth-order valence-corrected chi connectivity index (χ4v) is 0.712. The molecule has 0 aliphatic rings. The van der Waals surface area contributed by atoms with E-state index in [1.807, 2.05) is 0 Å². The average Bonchev–Trinajstić information content (AvgIpc) is 2.04. The van der Waals surface area contributed by atoms with Gasteiger partial charge < -0.3 is 0 Å². The molecule has 1 aromatic heterocycles. The number of halogens is 4. The Kier molecular flexibility index (Phi) is 2.62. The van der Waals surface area contributed by atoms with E-state index in [-0.39, 0.29) is 0 Å². The summed E-state index contributed by atoms with van der Waals surface area (Å²) in [6, 6.07) is 3.16. The Morgan fingerprint density at radius 1 is 0.917 bits per heavy atom. The molecule has 66 valence electrons. The van der Waals surface area contributed by atoms with Crippen molar-refractivity contribution >= 4 is 0 Å². The van der Waals surface area contributed by atoms with Crippen molar-refractivity contribution in [3.63, 3.8) is 0 Å². The first-order valence-corrected chi connectivity index (χ1v) is 3.14. The Balaban J connectivity index is 2.96. The molecule has 1 nitrogen and oxygen atoms in total. The van der Waals surface area contributed by atoms with E-state index in [4.69, 9.17) is 0 Å². The zero-order valence-electron chi connectivity index (χ0n) is 5.85. The summed E-state index contributed by atoms with van der Waals surface area (Å²) in [6.45, 7) is 0. The lowest BCUT2D eigenvalue weighted by molar-refractivity contribution is 0.133. The van der Waals surface area contributed by atoms with Crippen LogP contribution in [0.5, 0.6) is 0 Å². The topological polar surface area (TPSA) is 12.9 Å². The van der Waals surface area contributed by atoms with Gasteiger partial charge in [0.1, 0.15) is 11.4 Å². The van der Waals surface area contributed by atoms with E-state index in [0.29, 0.717) is 0 Å². The molecular formula is C7H5F4N. The molecule has 0 spiro atoms. The molecule has 0 aliphatic carbocycles. The van der Waals surface area contributed by atoms with Gasteiger partial charge in [-0.15, -0.1) is 0 Å². The lowest BCUT2D eigenvalue weighted by atomic mass is 10.3. The summed E-state index contributed by atoms with van der Waals surface area (Å²) in [7, 11) is 0. The molecule has 1 rings (SSSR count). The van der Waals surface area contributed by atoms with Gasteiger partial charge in [-0.25, -0.2) is 22.5 Å². The van der Waals surface area contributed by atoms with Crippen molar-refractivity contribution in [2.45, 2.75) is 12.9 Å². The van der Waals surface area contributed by atoms with Crippen molar-refractivity contribution in [3.8, 4) is 0 Å². The van der Waals surface area contributed by atoms with Crippen LogP contribution in [0.25, 0.3) is 0 Å². The van der Waals surface area contributed by atoms with Crippen LogP contribution in [-0.2, 0) is 0 Å². The van der Waals surface area contributed by atoms with Gasteiger partial charge in [0.25, 0.3) is 12.9 Å². The van der Waals surface area contributed by atoms with E-state index >= 15 is 0 Å². The second kappa shape index (κ2) is 3.51. The Morgan fingerprint density at radius 2 is 1.33 bits per heavy atom. The highest BCUT2D eigenvalue weighted by atomic mass is 19.3. The Hall–Kier alpha value is -1.13. The fraction of sp³-hybridized carbons (Fsp3) is 0.286. The molecule has 0 aromatic carbocycles. The number of hydrogen-bond donors (Lipinski definition) is 0. The second-order valence-electron chi connectivity index (χ2n) is 2.09. The SMILES string of the molecule is FC(F)c1cccc(C(F)F)n1. The van der Waals surface area contributed by atoms with Crippen LogP contribution in [0.1, 0.15) is 24.2 Å². The molecule has 0 bridgehead atoms. The van der Waals surface area contributed by atoms with Crippen LogP contribution in [0.15, 0.2) is 18.2 Å². The second-order valence-corrected chi connectivity index (χ2v) is 2.09. The third kappa shape index (κ3) is 1.93. The summed E-state index contributed by atoms with van der Waals surface area (Å²) in [5.74, 6) is 0. The first-order valence-electron chi connectivity index (χ1n) is 3.14. The van der Waals surface area contributed by atoms with Crippen LogP contribution < -0.4 is 0 Å². The van der Waals surface area contributed by atoms with Gasteiger partial charge in [-0.05, 0) is 12.1 Å². The van der Waals surface area contributed by atoms with Gasteiger partial charge in [-0.3, -0.25) is 0 Å². The summed E-state index contributed by atoms with van der Waals surface area (Å²) in [5, 5.41) is 0. The smallest absolute Gasteiger partial charge is 0.246 e. The van der Waals surface area contributed by atoms with E-state index in [0.717, 1.165) is 18.2 Å². The molecule has 0 aliphatic heterocycles. The minimum Gasteiger partial charge on any atom is -0.246 e. The van der Waals surface area contributed by atoms with Crippen LogP contribution >= 0.6 is 0 Å². The van der Waals surface area contributed by atoms with Crippen LogP contribution in [0.3, 0.4) is 0 Å². The van der Waals surface area contributed by atoms with Gasteiger partial charge >= 0.3 is 0 Å². The zero-order chi connectivity index (χ0) is 9.14. The van der Waals surface area contributed by atoms with Crippen molar-refractivity contribution in [3.05, 3.63) is 29.6 Å². The maximum Gasteiger partial charge on any atom is 0.280 e. The summed E-state index contributed by atoms with van der Waals surface area (Å²) in [6.07, 6.45) is -5.60. The number of rotatable bonds is 2. The molecule has 0 atom stereocenters. The highest BCUT2D eigenvalue weighted by Crippen LogP contribution is 2.20. The molecule has 0 N–H and O–H groups in total. The van der Waals surface area contributed by atoms with E-state index in [1.165, 1.54) is 0 Å². The van der Waals surface area contributed by atoms with Gasteiger partial charge in [0.15, 0.2) is 0 Å². The van der Waals surface area contributed by atoms with Crippen molar-refractivity contribution in [2.24, 2.45) is 0 Å². The summed E-state index contributed by atoms with van der Waals surface area (Å²) < 4.78 is 47.6. The predicted molar refractivity (Wildman–Crippen MR) is 34.2 cm³/mol. The average molecular weight is 179 g/mol. The van der Waals surface area contributed by atoms with E-state index in [1.54, 1.807) is 0 Å². The zero-order valence-corrected chi connectivity index (χ0v) is 5.85. The minimum atomic E-state index is -2.80. The number of aromatic nitrogens is 1.